The fourth-order valence-electron chi connectivity index (χ4n) is 3.10. The van der Waals surface area contributed by atoms with E-state index < -0.39 is 24.5 Å². The Morgan fingerprint density at radius 3 is 2.71 bits per heavy atom. The van der Waals surface area contributed by atoms with E-state index in [0.717, 1.165) is 11.1 Å². The monoisotopic (exact) mass is 402 g/mol. The van der Waals surface area contributed by atoms with Gasteiger partial charge in [0.1, 0.15) is 17.2 Å². The Hall–Kier alpha value is -2.74. The number of carbonyl (C=O) groups is 3. The smallest absolute Gasteiger partial charge is 0.330 e. The lowest BCUT2D eigenvalue weighted by molar-refractivity contribution is -0.155. The minimum absolute atomic E-state index is 0.256. The van der Waals surface area contributed by atoms with Gasteiger partial charge in [0.15, 0.2) is 6.61 Å². The first-order valence-corrected chi connectivity index (χ1v) is 9.89. The number of carbonyl (C=O) groups excluding carboxylic acids is 3. The zero-order valence-electron chi connectivity index (χ0n) is 15.9. The van der Waals surface area contributed by atoms with Crippen molar-refractivity contribution < 1.29 is 23.5 Å². The molecule has 2 atom stereocenters. The molecular formula is C20H22N2O5S. The summed E-state index contributed by atoms with van der Waals surface area (Å²) in [5.74, 6) is -0.311. The van der Waals surface area contributed by atoms with Gasteiger partial charge in [-0.3, -0.25) is 9.59 Å². The molecule has 7 nitrogen and oxygen atoms in total. The summed E-state index contributed by atoms with van der Waals surface area (Å²) in [4.78, 5) is 38.2. The molecule has 148 valence electrons. The summed E-state index contributed by atoms with van der Waals surface area (Å²) < 4.78 is 10.6. The molecule has 1 fully saturated rings. The molecule has 2 heterocycles. The van der Waals surface area contributed by atoms with Crippen LogP contribution in [0.1, 0.15) is 29.2 Å². The van der Waals surface area contributed by atoms with Crippen LogP contribution in [0.4, 0.5) is 5.69 Å². The average molecular weight is 402 g/mol. The molecule has 0 bridgehead atoms. The highest BCUT2D eigenvalue weighted by molar-refractivity contribution is 7.99. The predicted octanol–water partition coefficient (Wildman–Crippen LogP) is 3.04. The van der Waals surface area contributed by atoms with Gasteiger partial charge in [0.05, 0.1) is 6.26 Å². The van der Waals surface area contributed by atoms with Gasteiger partial charge in [-0.05, 0) is 37.6 Å². The number of amides is 2. The van der Waals surface area contributed by atoms with E-state index in [0.29, 0.717) is 17.2 Å². The van der Waals surface area contributed by atoms with Crippen LogP contribution < -0.4 is 5.32 Å². The molecule has 1 aromatic carbocycles. The van der Waals surface area contributed by atoms with Crippen molar-refractivity contribution in [2.45, 2.75) is 32.2 Å². The Morgan fingerprint density at radius 1 is 1.29 bits per heavy atom. The summed E-state index contributed by atoms with van der Waals surface area (Å²) >= 11 is 1.42. The summed E-state index contributed by atoms with van der Waals surface area (Å²) in [7, 11) is 0. The Kier molecular flexibility index (Phi) is 6.08. The summed E-state index contributed by atoms with van der Waals surface area (Å²) in [5.41, 5.74) is 2.69. The van der Waals surface area contributed by atoms with E-state index in [2.05, 4.69) is 5.32 Å². The standard InChI is InChI=1S/C20H22N2O5S/c1-12-6-7-15(13(2)9-12)21-18(24)10-27-20(25)16-11-28-19(22(16)14(3)23)17-5-4-8-26-17/h4-9,16,19H,10-11H2,1-3H3,(H,21,24)/t16-,19-/m1/s1. The molecule has 0 spiro atoms. The number of nitrogens with zero attached hydrogens (tertiary/aromatic N) is 1. The third-order valence-electron chi connectivity index (χ3n) is 4.42. The van der Waals surface area contributed by atoms with Gasteiger partial charge in [0, 0.05) is 18.4 Å². The Bertz CT molecular complexity index is 881. The Morgan fingerprint density at radius 2 is 2.07 bits per heavy atom. The molecule has 1 aliphatic rings. The van der Waals surface area contributed by atoms with E-state index in [1.807, 2.05) is 32.0 Å². The highest BCUT2D eigenvalue weighted by Crippen LogP contribution is 2.41. The van der Waals surface area contributed by atoms with Crippen molar-refractivity contribution in [2.75, 3.05) is 17.7 Å². The van der Waals surface area contributed by atoms with E-state index in [9.17, 15) is 14.4 Å². The van der Waals surface area contributed by atoms with E-state index in [4.69, 9.17) is 9.15 Å². The fourth-order valence-corrected chi connectivity index (χ4v) is 4.51. The molecule has 0 unspecified atom stereocenters. The van der Waals surface area contributed by atoms with Crippen molar-refractivity contribution in [2.24, 2.45) is 0 Å². The lowest BCUT2D eigenvalue weighted by Crippen LogP contribution is -2.43. The van der Waals surface area contributed by atoms with Crippen LogP contribution in [0.15, 0.2) is 41.0 Å². The molecule has 0 aliphatic carbocycles. The number of hydrogen-bond acceptors (Lipinski definition) is 6. The van der Waals surface area contributed by atoms with Crippen molar-refractivity contribution >= 4 is 35.2 Å². The average Bonchev–Trinajstić information content (AvgIpc) is 3.31. The van der Waals surface area contributed by atoms with Crippen molar-refractivity contribution in [3.05, 3.63) is 53.5 Å². The largest absolute Gasteiger partial charge is 0.466 e. The zero-order valence-corrected chi connectivity index (χ0v) is 16.7. The first-order chi connectivity index (χ1) is 13.4. The third-order valence-corrected chi connectivity index (χ3v) is 5.71. The van der Waals surface area contributed by atoms with Crippen LogP contribution in [-0.2, 0) is 19.1 Å². The zero-order chi connectivity index (χ0) is 20.3. The van der Waals surface area contributed by atoms with Gasteiger partial charge in [-0.2, -0.15) is 0 Å². The topological polar surface area (TPSA) is 88.8 Å². The Labute approximate surface area is 167 Å². The number of nitrogens with one attached hydrogen (secondary N) is 1. The second-order valence-electron chi connectivity index (χ2n) is 6.62. The molecule has 8 heteroatoms. The first-order valence-electron chi connectivity index (χ1n) is 8.84. The van der Waals surface area contributed by atoms with E-state index >= 15 is 0 Å². The number of hydrogen-bond donors (Lipinski definition) is 1. The molecule has 1 saturated heterocycles. The van der Waals surface area contributed by atoms with Gasteiger partial charge in [-0.1, -0.05) is 17.7 Å². The number of furan rings is 1. The van der Waals surface area contributed by atoms with Crippen LogP contribution >= 0.6 is 11.8 Å². The van der Waals surface area contributed by atoms with Crippen molar-refractivity contribution in [1.29, 1.82) is 0 Å². The van der Waals surface area contributed by atoms with Gasteiger partial charge < -0.3 is 19.4 Å². The highest BCUT2D eigenvalue weighted by atomic mass is 32.2. The number of thioether (sulfide) groups is 1. The quantitative estimate of drug-likeness (QED) is 0.774. The van der Waals surface area contributed by atoms with E-state index in [-0.39, 0.29) is 11.3 Å². The maximum absolute atomic E-state index is 12.5. The van der Waals surface area contributed by atoms with Gasteiger partial charge in [-0.15, -0.1) is 11.8 Å². The lowest BCUT2D eigenvalue weighted by atomic mass is 10.1. The molecule has 0 saturated carbocycles. The SMILES string of the molecule is CC(=O)N1[C@@H](C(=O)OCC(=O)Nc2ccc(C)cc2C)CS[C@@H]1c1ccco1. The van der Waals surface area contributed by atoms with Crippen LogP contribution in [0.2, 0.25) is 0 Å². The lowest BCUT2D eigenvalue weighted by Gasteiger charge is -2.25. The number of esters is 1. The number of aryl methyl sites for hydroxylation is 2. The molecule has 1 aliphatic heterocycles. The molecule has 3 rings (SSSR count). The Balaban J connectivity index is 1.59. The molecule has 2 aromatic rings. The predicted molar refractivity (Wildman–Crippen MR) is 106 cm³/mol. The van der Waals surface area contributed by atoms with Crippen molar-refractivity contribution in [3.63, 3.8) is 0 Å². The second-order valence-corrected chi connectivity index (χ2v) is 7.73. The number of rotatable bonds is 5. The third kappa shape index (κ3) is 4.39. The summed E-state index contributed by atoms with van der Waals surface area (Å²) in [6.07, 6.45) is 1.53. The molecule has 0 radical (unpaired) electrons. The number of ether oxygens (including phenoxy) is 1. The maximum atomic E-state index is 12.5. The van der Waals surface area contributed by atoms with Crippen molar-refractivity contribution in [3.8, 4) is 0 Å². The summed E-state index contributed by atoms with van der Waals surface area (Å²) in [6.45, 7) is 4.85. The normalized spacial score (nSPS) is 18.8. The van der Waals surface area contributed by atoms with E-state index in [1.165, 1.54) is 29.8 Å². The molecule has 1 aromatic heterocycles. The number of benzene rings is 1. The molecule has 28 heavy (non-hydrogen) atoms. The van der Waals surface area contributed by atoms with Crippen LogP contribution in [0.3, 0.4) is 0 Å². The van der Waals surface area contributed by atoms with Crippen LogP contribution in [0, 0.1) is 13.8 Å². The summed E-state index contributed by atoms with van der Waals surface area (Å²) in [6, 6.07) is 8.40. The van der Waals surface area contributed by atoms with Gasteiger partial charge >= 0.3 is 5.97 Å². The van der Waals surface area contributed by atoms with E-state index in [1.54, 1.807) is 12.1 Å². The van der Waals surface area contributed by atoms with Gasteiger partial charge in [0.2, 0.25) is 5.91 Å². The highest BCUT2D eigenvalue weighted by Gasteiger charge is 2.43. The minimum Gasteiger partial charge on any atom is -0.466 e. The molecule has 2 amide bonds. The molecule has 1 N–H and O–H groups in total. The first kappa shape index (κ1) is 20.0. The van der Waals surface area contributed by atoms with Gasteiger partial charge in [0.25, 0.3) is 5.91 Å². The van der Waals surface area contributed by atoms with Crippen molar-refractivity contribution in [1.82, 2.24) is 4.90 Å². The fraction of sp³-hybridized carbons (Fsp3) is 0.350. The second kappa shape index (κ2) is 8.52. The van der Waals surface area contributed by atoms with Gasteiger partial charge in [-0.25, -0.2) is 4.79 Å². The minimum atomic E-state index is -0.758. The molecular weight excluding hydrogens is 380 g/mol. The maximum Gasteiger partial charge on any atom is 0.330 e. The summed E-state index contributed by atoms with van der Waals surface area (Å²) in [5, 5.41) is 2.35. The van der Waals surface area contributed by atoms with Crippen LogP contribution in [0.25, 0.3) is 0 Å². The van der Waals surface area contributed by atoms with Crippen LogP contribution in [0.5, 0.6) is 0 Å². The number of anilines is 1. The van der Waals surface area contributed by atoms with Crippen LogP contribution in [-0.4, -0.2) is 41.1 Å².